The Balaban J connectivity index is 1.78. The van der Waals surface area contributed by atoms with Crippen LogP contribution in [0.3, 0.4) is 0 Å². The van der Waals surface area contributed by atoms with E-state index in [1.165, 1.54) is 4.90 Å². The van der Waals surface area contributed by atoms with Gasteiger partial charge in [0, 0.05) is 16.3 Å². The molecule has 1 aliphatic heterocycles. The molecule has 31 heavy (non-hydrogen) atoms. The Bertz CT molecular complexity index is 1140. The highest BCUT2D eigenvalue weighted by atomic mass is 32.2. The second-order valence-corrected chi connectivity index (χ2v) is 9.31. The fourth-order valence-corrected chi connectivity index (χ4v) is 4.58. The van der Waals surface area contributed by atoms with Gasteiger partial charge in [-0.2, -0.15) is 4.98 Å². The third-order valence-corrected chi connectivity index (χ3v) is 6.64. The number of allylic oxidation sites excluding steroid dienone is 1. The lowest BCUT2D eigenvalue weighted by molar-refractivity contribution is -0.113. The van der Waals surface area contributed by atoms with Crippen molar-refractivity contribution in [1.29, 1.82) is 0 Å². The van der Waals surface area contributed by atoms with Crippen molar-refractivity contribution in [3.63, 3.8) is 0 Å². The van der Waals surface area contributed by atoms with Crippen molar-refractivity contribution in [2.24, 2.45) is 0 Å². The zero-order valence-electron chi connectivity index (χ0n) is 18.0. The van der Waals surface area contributed by atoms with Gasteiger partial charge in [0.25, 0.3) is 5.91 Å². The van der Waals surface area contributed by atoms with Gasteiger partial charge in [0.05, 0.1) is 5.57 Å². The molecule has 0 saturated carbocycles. The molecule has 6 nitrogen and oxygen atoms in total. The summed E-state index contributed by atoms with van der Waals surface area (Å²) < 4.78 is 1.83. The molecule has 1 unspecified atom stereocenters. The predicted molar refractivity (Wildman–Crippen MR) is 129 cm³/mol. The van der Waals surface area contributed by atoms with Crippen LogP contribution in [0.4, 0.5) is 11.6 Å². The van der Waals surface area contributed by atoms with Crippen LogP contribution in [0.5, 0.6) is 0 Å². The minimum atomic E-state index is -0.366. The van der Waals surface area contributed by atoms with E-state index in [0.717, 1.165) is 28.3 Å². The first-order chi connectivity index (χ1) is 15.0. The molecule has 1 atom stereocenters. The number of hydrogen-bond donors (Lipinski definition) is 2. The molecular formula is C23H25N5OS2. The van der Waals surface area contributed by atoms with E-state index in [0.29, 0.717) is 16.7 Å². The Morgan fingerprint density at radius 3 is 2.58 bits per heavy atom. The first kappa shape index (κ1) is 21.5. The molecular weight excluding hydrogens is 426 g/mol. The number of amides is 1. The fraction of sp³-hybridized carbons (Fsp3) is 0.261. The predicted octanol–water partition coefficient (Wildman–Crippen LogP) is 5.35. The molecule has 0 spiro atoms. The van der Waals surface area contributed by atoms with E-state index in [1.54, 1.807) is 23.5 Å². The van der Waals surface area contributed by atoms with Gasteiger partial charge < -0.3 is 10.6 Å². The fourth-order valence-electron chi connectivity index (χ4n) is 3.61. The number of para-hydroxylation sites is 1. The standard InChI is InChI=1S/C23H25N5OS2/c1-5-31-23-26-22-24-15(3)19(21(29)25-18-9-7-6-8-14(18)2)20(28(22)27-23)16-10-12-17(30-4)13-11-16/h6-13,20H,5H2,1-4H3,(H,25,29)(H,24,26,27). The number of nitrogens with one attached hydrogen (secondary N) is 2. The molecule has 0 bridgehead atoms. The third-order valence-electron chi connectivity index (χ3n) is 5.18. The Labute approximate surface area is 190 Å². The lowest BCUT2D eigenvalue weighted by Crippen LogP contribution is -2.31. The van der Waals surface area contributed by atoms with Gasteiger partial charge in [-0.3, -0.25) is 4.79 Å². The number of anilines is 2. The molecule has 0 radical (unpaired) electrons. The Morgan fingerprint density at radius 2 is 1.90 bits per heavy atom. The molecule has 8 heteroatoms. The number of carbonyl (C=O) groups is 1. The van der Waals surface area contributed by atoms with Gasteiger partial charge in [0.15, 0.2) is 0 Å². The first-order valence-electron chi connectivity index (χ1n) is 10.1. The maximum atomic E-state index is 13.5. The van der Waals surface area contributed by atoms with Crippen LogP contribution in [0.15, 0.2) is 69.9 Å². The second kappa shape index (κ2) is 9.20. The number of hydrogen-bond acceptors (Lipinski definition) is 6. The molecule has 2 N–H and O–H groups in total. The van der Waals surface area contributed by atoms with Crippen LogP contribution < -0.4 is 10.6 Å². The highest BCUT2D eigenvalue weighted by Crippen LogP contribution is 2.37. The van der Waals surface area contributed by atoms with Crippen LogP contribution in [0.2, 0.25) is 0 Å². The Morgan fingerprint density at radius 1 is 1.16 bits per heavy atom. The highest BCUT2D eigenvalue weighted by Gasteiger charge is 2.34. The van der Waals surface area contributed by atoms with Crippen molar-refractivity contribution in [2.45, 2.75) is 36.9 Å². The number of aromatic nitrogens is 3. The van der Waals surface area contributed by atoms with Crippen LogP contribution >= 0.6 is 23.5 Å². The number of nitrogens with zero attached hydrogens (tertiary/aromatic N) is 3. The summed E-state index contributed by atoms with van der Waals surface area (Å²) >= 11 is 3.27. The highest BCUT2D eigenvalue weighted by molar-refractivity contribution is 7.99. The average molecular weight is 452 g/mol. The van der Waals surface area contributed by atoms with Gasteiger partial charge in [0.2, 0.25) is 11.1 Å². The second-order valence-electron chi connectivity index (χ2n) is 7.20. The summed E-state index contributed by atoms with van der Waals surface area (Å²) in [7, 11) is 0. The lowest BCUT2D eigenvalue weighted by atomic mass is 9.95. The van der Waals surface area contributed by atoms with Crippen LogP contribution in [0.25, 0.3) is 0 Å². The molecule has 1 aliphatic rings. The van der Waals surface area contributed by atoms with E-state index in [-0.39, 0.29) is 11.9 Å². The molecule has 1 aromatic heterocycles. The minimum Gasteiger partial charge on any atom is -0.328 e. The van der Waals surface area contributed by atoms with Gasteiger partial charge in [0.1, 0.15) is 6.04 Å². The van der Waals surface area contributed by atoms with E-state index in [1.807, 2.05) is 42.8 Å². The summed E-state index contributed by atoms with van der Waals surface area (Å²) in [4.78, 5) is 19.3. The van der Waals surface area contributed by atoms with Gasteiger partial charge in [-0.1, -0.05) is 49.0 Å². The number of thioether (sulfide) groups is 2. The topological polar surface area (TPSA) is 71.8 Å². The van der Waals surface area contributed by atoms with Crippen molar-refractivity contribution in [1.82, 2.24) is 14.8 Å². The van der Waals surface area contributed by atoms with Crippen molar-refractivity contribution >= 4 is 41.1 Å². The SMILES string of the molecule is CCSc1nc2n(n1)C(c1ccc(SC)cc1)C(C(=O)Nc1ccccc1C)=C(C)N2. The van der Waals surface area contributed by atoms with Crippen LogP contribution in [-0.2, 0) is 4.79 Å². The maximum Gasteiger partial charge on any atom is 0.255 e. The summed E-state index contributed by atoms with van der Waals surface area (Å²) in [6, 6.07) is 15.7. The minimum absolute atomic E-state index is 0.149. The number of rotatable bonds is 6. The van der Waals surface area contributed by atoms with Gasteiger partial charge in [-0.05, 0) is 55.2 Å². The van der Waals surface area contributed by atoms with Crippen molar-refractivity contribution in [2.75, 3.05) is 22.6 Å². The van der Waals surface area contributed by atoms with E-state index in [4.69, 9.17) is 5.10 Å². The van der Waals surface area contributed by atoms with Gasteiger partial charge in [-0.25, -0.2) is 4.68 Å². The molecule has 160 valence electrons. The third kappa shape index (κ3) is 4.36. The molecule has 0 fully saturated rings. The number of benzene rings is 2. The van der Waals surface area contributed by atoms with E-state index in [9.17, 15) is 4.79 Å². The van der Waals surface area contributed by atoms with E-state index in [2.05, 4.69) is 53.1 Å². The van der Waals surface area contributed by atoms with Gasteiger partial charge in [-0.15, -0.1) is 16.9 Å². The molecule has 0 aliphatic carbocycles. The summed E-state index contributed by atoms with van der Waals surface area (Å²) in [5.41, 5.74) is 4.22. The van der Waals surface area contributed by atoms with Crippen molar-refractivity contribution in [3.05, 3.63) is 70.9 Å². The van der Waals surface area contributed by atoms with E-state index >= 15 is 0 Å². The van der Waals surface area contributed by atoms with Crippen molar-refractivity contribution in [3.8, 4) is 0 Å². The number of fused-ring (bicyclic) bond motifs is 1. The average Bonchev–Trinajstić information content (AvgIpc) is 3.16. The lowest BCUT2D eigenvalue weighted by Gasteiger charge is -2.29. The van der Waals surface area contributed by atoms with Crippen LogP contribution in [0, 0.1) is 6.92 Å². The summed E-state index contributed by atoms with van der Waals surface area (Å²) in [5, 5.41) is 11.8. The molecule has 0 saturated heterocycles. The van der Waals surface area contributed by atoms with Gasteiger partial charge >= 0.3 is 0 Å². The number of aryl methyl sites for hydroxylation is 1. The molecule has 2 heterocycles. The van der Waals surface area contributed by atoms with Crippen LogP contribution in [0.1, 0.15) is 31.0 Å². The maximum absolute atomic E-state index is 13.5. The summed E-state index contributed by atoms with van der Waals surface area (Å²) in [6.07, 6.45) is 2.05. The smallest absolute Gasteiger partial charge is 0.255 e. The van der Waals surface area contributed by atoms with E-state index < -0.39 is 0 Å². The summed E-state index contributed by atoms with van der Waals surface area (Å²) in [6.45, 7) is 5.97. The quantitative estimate of drug-likeness (QED) is 0.493. The first-order valence-corrected chi connectivity index (χ1v) is 12.3. The number of carbonyl (C=O) groups excluding carboxylic acids is 1. The zero-order chi connectivity index (χ0) is 22.0. The molecule has 4 rings (SSSR count). The molecule has 1 amide bonds. The monoisotopic (exact) mass is 451 g/mol. The summed E-state index contributed by atoms with van der Waals surface area (Å²) in [5.74, 6) is 1.38. The normalized spacial score (nSPS) is 15.4. The molecule has 2 aromatic carbocycles. The zero-order valence-corrected chi connectivity index (χ0v) is 19.6. The Hall–Kier alpha value is -2.71. The molecule has 3 aromatic rings. The van der Waals surface area contributed by atoms with Crippen molar-refractivity contribution < 1.29 is 4.79 Å². The van der Waals surface area contributed by atoms with Crippen LogP contribution in [-0.4, -0.2) is 32.7 Å². The largest absolute Gasteiger partial charge is 0.328 e. The Kier molecular flexibility index (Phi) is 6.38.